The van der Waals surface area contributed by atoms with E-state index in [0.717, 1.165) is 21.5 Å². The summed E-state index contributed by atoms with van der Waals surface area (Å²) < 4.78 is 12.4. The van der Waals surface area contributed by atoms with Gasteiger partial charge in [-0.3, -0.25) is 0 Å². The van der Waals surface area contributed by atoms with Crippen LogP contribution in [0.25, 0.3) is 0 Å². The van der Waals surface area contributed by atoms with Crippen LogP contribution in [-0.4, -0.2) is 4.98 Å². The first kappa shape index (κ1) is 16.0. The molecule has 3 aromatic rings. The molecule has 0 unspecified atom stereocenters. The van der Waals surface area contributed by atoms with Gasteiger partial charge in [-0.15, -0.1) is 0 Å². The summed E-state index contributed by atoms with van der Waals surface area (Å²) in [5.74, 6) is 2.15. The average molecular weight is 381 g/mol. The van der Waals surface area contributed by atoms with Gasteiger partial charge in [0.15, 0.2) is 0 Å². The molecule has 0 saturated heterocycles. The highest BCUT2D eigenvalue weighted by molar-refractivity contribution is 9.10. The number of halogens is 1. The summed E-state index contributed by atoms with van der Waals surface area (Å²) >= 11 is 3.54. The highest BCUT2D eigenvalue weighted by Crippen LogP contribution is 2.27. The van der Waals surface area contributed by atoms with Crippen LogP contribution in [0.3, 0.4) is 0 Å². The minimum atomic E-state index is 0.367. The lowest BCUT2D eigenvalue weighted by atomic mass is 10.2. The van der Waals surface area contributed by atoms with Crippen molar-refractivity contribution in [2.75, 3.05) is 0 Å². The molecule has 0 spiro atoms. The van der Waals surface area contributed by atoms with E-state index in [4.69, 9.17) is 14.7 Å². The van der Waals surface area contributed by atoms with E-state index < -0.39 is 0 Å². The van der Waals surface area contributed by atoms with Gasteiger partial charge in [0, 0.05) is 10.0 Å². The Morgan fingerprint density at radius 1 is 0.958 bits per heavy atom. The molecule has 0 N–H and O–H groups in total. The van der Waals surface area contributed by atoms with E-state index in [1.165, 1.54) is 0 Å². The maximum Gasteiger partial charge on any atom is 0.140 e. The van der Waals surface area contributed by atoms with E-state index in [0.29, 0.717) is 18.1 Å². The highest BCUT2D eigenvalue weighted by atomic mass is 79.9. The Morgan fingerprint density at radius 2 is 1.75 bits per heavy atom. The van der Waals surface area contributed by atoms with Gasteiger partial charge in [-0.1, -0.05) is 40.2 Å². The molecule has 0 fully saturated rings. The van der Waals surface area contributed by atoms with Crippen molar-refractivity contribution in [3.63, 3.8) is 0 Å². The highest BCUT2D eigenvalue weighted by Gasteiger charge is 2.05. The molecule has 118 valence electrons. The van der Waals surface area contributed by atoms with Crippen molar-refractivity contribution in [1.29, 1.82) is 5.26 Å². The van der Waals surface area contributed by atoms with Gasteiger partial charge in [-0.2, -0.15) is 5.26 Å². The van der Waals surface area contributed by atoms with E-state index in [1.54, 1.807) is 18.3 Å². The maximum absolute atomic E-state index is 8.73. The number of nitrogens with zero attached hydrogens (tertiary/aromatic N) is 2. The first-order valence-electron chi connectivity index (χ1n) is 7.25. The third kappa shape index (κ3) is 4.12. The topological polar surface area (TPSA) is 55.1 Å². The van der Waals surface area contributed by atoms with E-state index >= 15 is 0 Å². The fraction of sp³-hybridized carbons (Fsp3) is 0.0526. The molecule has 0 saturated carbocycles. The summed E-state index contributed by atoms with van der Waals surface area (Å²) in [4.78, 5) is 3.98. The van der Waals surface area contributed by atoms with Gasteiger partial charge in [-0.25, -0.2) is 4.98 Å². The Morgan fingerprint density at radius 3 is 2.42 bits per heavy atom. The zero-order valence-electron chi connectivity index (χ0n) is 12.6. The van der Waals surface area contributed by atoms with Gasteiger partial charge in [-0.05, 0) is 36.4 Å². The van der Waals surface area contributed by atoms with Crippen molar-refractivity contribution >= 4 is 15.9 Å². The number of ether oxygens (including phenoxy) is 2. The summed E-state index contributed by atoms with van der Waals surface area (Å²) in [7, 11) is 0. The van der Waals surface area contributed by atoms with Crippen LogP contribution in [0.5, 0.6) is 17.2 Å². The molecule has 4 nitrogen and oxygen atoms in total. The summed E-state index contributed by atoms with van der Waals surface area (Å²) in [5.41, 5.74) is 1.35. The number of benzene rings is 2. The molecular weight excluding hydrogens is 368 g/mol. The lowest BCUT2D eigenvalue weighted by Crippen LogP contribution is -1.97. The fourth-order valence-corrected chi connectivity index (χ4v) is 2.50. The maximum atomic E-state index is 8.73. The minimum Gasteiger partial charge on any atom is -0.487 e. The van der Waals surface area contributed by atoms with Gasteiger partial charge >= 0.3 is 0 Å². The Bertz CT molecular complexity index is 859. The smallest absolute Gasteiger partial charge is 0.140 e. The summed E-state index contributed by atoms with van der Waals surface area (Å²) in [6.07, 6.45) is 1.54. The van der Waals surface area contributed by atoms with Gasteiger partial charge < -0.3 is 9.47 Å². The summed E-state index contributed by atoms with van der Waals surface area (Å²) in [5, 5.41) is 8.73. The Kier molecular flexibility index (Phi) is 5.09. The number of aromatic nitrogens is 1. The summed E-state index contributed by atoms with van der Waals surface area (Å²) in [6, 6.07) is 20.7. The molecule has 3 rings (SSSR count). The molecule has 0 amide bonds. The zero-order chi connectivity index (χ0) is 16.8. The summed E-state index contributed by atoms with van der Waals surface area (Å²) in [6.45, 7) is 0.389. The number of hydrogen-bond donors (Lipinski definition) is 0. The quantitative estimate of drug-likeness (QED) is 0.618. The van der Waals surface area contributed by atoms with Crippen molar-refractivity contribution in [3.8, 4) is 23.3 Å². The number of pyridine rings is 1. The van der Waals surface area contributed by atoms with Crippen LogP contribution >= 0.6 is 15.9 Å². The van der Waals surface area contributed by atoms with Gasteiger partial charge in [0.2, 0.25) is 0 Å². The van der Waals surface area contributed by atoms with Gasteiger partial charge in [0.1, 0.15) is 35.6 Å². The van der Waals surface area contributed by atoms with Crippen molar-refractivity contribution < 1.29 is 9.47 Å². The van der Waals surface area contributed by atoms with Crippen LogP contribution in [0.4, 0.5) is 0 Å². The van der Waals surface area contributed by atoms with Crippen molar-refractivity contribution in [2.45, 2.75) is 6.61 Å². The van der Waals surface area contributed by atoms with E-state index in [2.05, 4.69) is 20.9 Å². The van der Waals surface area contributed by atoms with Crippen molar-refractivity contribution in [3.05, 3.63) is 82.6 Å². The Labute approximate surface area is 148 Å². The van der Waals surface area contributed by atoms with Gasteiger partial charge in [0.25, 0.3) is 0 Å². The second kappa shape index (κ2) is 7.62. The molecular formula is C19H13BrN2O2. The molecule has 2 aromatic carbocycles. The van der Waals surface area contributed by atoms with Crippen LogP contribution in [0.1, 0.15) is 11.3 Å². The first-order chi connectivity index (χ1) is 11.7. The molecule has 0 aliphatic carbocycles. The van der Waals surface area contributed by atoms with Crippen LogP contribution < -0.4 is 9.47 Å². The SMILES string of the molecule is N#Cc1ccc(OCc2ccc(Oc3ccccc3)cc2Br)cn1. The van der Waals surface area contributed by atoms with Crippen LogP contribution in [0.2, 0.25) is 0 Å². The molecule has 5 heteroatoms. The van der Waals surface area contributed by atoms with Gasteiger partial charge in [0.05, 0.1) is 6.20 Å². The standard InChI is InChI=1S/C19H13BrN2O2/c20-19-10-17(24-16-4-2-1-3-5-16)8-6-14(19)13-23-18-9-7-15(11-21)22-12-18/h1-10,12H,13H2. The lowest BCUT2D eigenvalue weighted by molar-refractivity contribution is 0.304. The lowest BCUT2D eigenvalue weighted by Gasteiger charge is -2.10. The fourth-order valence-electron chi connectivity index (χ4n) is 2.03. The van der Waals surface area contributed by atoms with Crippen LogP contribution in [0.15, 0.2) is 71.3 Å². The third-order valence-corrected chi connectivity index (χ3v) is 3.99. The number of nitriles is 1. The molecule has 1 heterocycles. The zero-order valence-corrected chi connectivity index (χ0v) is 14.2. The molecule has 0 atom stereocenters. The van der Waals surface area contributed by atoms with E-state index in [1.807, 2.05) is 54.6 Å². The third-order valence-electron chi connectivity index (χ3n) is 3.25. The first-order valence-corrected chi connectivity index (χ1v) is 8.04. The molecule has 24 heavy (non-hydrogen) atoms. The molecule has 0 aliphatic rings. The predicted molar refractivity (Wildman–Crippen MR) is 93.9 cm³/mol. The number of rotatable bonds is 5. The second-order valence-corrected chi connectivity index (χ2v) is 5.80. The molecule has 0 bridgehead atoms. The van der Waals surface area contributed by atoms with Crippen LogP contribution in [0, 0.1) is 11.3 Å². The van der Waals surface area contributed by atoms with E-state index in [-0.39, 0.29) is 0 Å². The minimum absolute atomic E-state index is 0.367. The predicted octanol–water partition coefficient (Wildman–Crippen LogP) is 5.09. The number of para-hydroxylation sites is 1. The normalized spacial score (nSPS) is 10.0. The molecule has 1 aromatic heterocycles. The number of hydrogen-bond acceptors (Lipinski definition) is 4. The largest absolute Gasteiger partial charge is 0.487 e. The van der Waals surface area contributed by atoms with Crippen molar-refractivity contribution in [2.24, 2.45) is 0 Å². The molecule has 0 aliphatic heterocycles. The Balaban J connectivity index is 1.65. The van der Waals surface area contributed by atoms with Crippen molar-refractivity contribution in [1.82, 2.24) is 4.98 Å². The average Bonchev–Trinajstić information content (AvgIpc) is 2.62. The van der Waals surface area contributed by atoms with Crippen LogP contribution in [-0.2, 0) is 6.61 Å². The monoisotopic (exact) mass is 380 g/mol. The second-order valence-electron chi connectivity index (χ2n) is 4.95. The molecule has 0 radical (unpaired) electrons. The van der Waals surface area contributed by atoms with E-state index in [9.17, 15) is 0 Å². The Hall–Kier alpha value is -2.84.